The van der Waals surface area contributed by atoms with Gasteiger partial charge in [-0.2, -0.15) is 0 Å². The lowest BCUT2D eigenvalue weighted by atomic mass is 9.96. The molecule has 15 rings (SSSR count). The van der Waals surface area contributed by atoms with Crippen LogP contribution >= 0.6 is 0 Å². The minimum atomic E-state index is 0.781. The second-order valence-corrected chi connectivity index (χ2v) is 18.7. The maximum atomic E-state index is 7.35. The number of furan rings is 3. The molecule has 0 radical (unpaired) electrons. The second-order valence-electron chi connectivity index (χ2n) is 18.7. The summed E-state index contributed by atoms with van der Waals surface area (Å²) in [5.41, 5.74) is 15.2. The molecule has 73 heavy (non-hydrogen) atoms. The first-order valence-electron chi connectivity index (χ1n) is 24.7. The van der Waals surface area contributed by atoms with Crippen molar-refractivity contribution in [2.75, 3.05) is 9.80 Å². The highest BCUT2D eigenvalue weighted by Crippen LogP contribution is 2.52. The van der Waals surface area contributed by atoms with Crippen molar-refractivity contribution >= 4 is 121 Å². The van der Waals surface area contributed by atoms with Crippen LogP contribution < -0.4 is 9.80 Å². The molecule has 5 nitrogen and oxygen atoms in total. The van der Waals surface area contributed by atoms with Crippen molar-refractivity contribution in [1.29, 1.82) is 0 Å². The van der Waals surface area contributed by atoms with Gasteiger partial charge in [0.25, 0.3) is 0 Å². The Morgan fingerprint density at radius 2 is 0.575 bits per heavy atom. The van der Waals surface area contributed by atoms with E-state index < -0.39 is 0 Å². The fourth-order valence-corrected chi connectivity index (χ4v) is 11.4. The van der Waals surface area contributed by atoms with Crippen molar-refractivity contribution in [3.05, 3.63) is 255 Å². The maximum absolute atomic E-state index is 7.35. The van der Waals surface area contributed by atoms with Gasteiger partial charge in [0.1, 0.15) is 22.3 Å². The molecule has 3 aromatic heterocycles. The van der Waals surface area contributed by atoms with Crippen molar-refractivity contribution in [2.45, 2.75) is 0 Å². The first kappa shape index (κ1) is 41.0. The van der Waals surface area contributed by atoms with E-state index in [0.717, 1.165) is 144 Å². The van der Waals surface area contributed by atoms with Crippen molar-refractivity contribution < 1.29 is 13.3 Å². The summed E-state index contributed by atoms with van der Waals surface area (Å²) in [6.07, 6.45) is 0. The van der Waals surface area contributed by atoms with Gasteiger partial charge in [-0.15, -0.1) is 0 Å². The summed E-state index contributed by atoms with van der Waals surface area (Å²) in [5.74, 6) is 0. The van der Waals surface area contributed by atoms with Gasteiger partial charge in [-0.1, -0.05) is 194 Å². The Morgan fingerprint density at radius 3 is 1.03 bits per heavy atom. The lowest BCUT2D eigenvalue weighted by Gasteiger charge is -2.27. The summed E-state index contributed by atoms with van der Waals surface area (Å²) in [7, 11) is 0. The zero-order valence-corrected chi connectivity index (χ0v) is 39.4. The van der Waals surface area contributed by atoms with E-state index in [1.165, 1.54) is 0 Å². The molecule has 0 N–H and O–H groups in total. The predicted octanol–water partition coefficient (Wildman–Crippen LogP) is 20.0. The van der Waals surface area contributed by atoms with Gasteiger partial charge in [0.2, 0.25) is 0 Å². The molecule has 342 valence electrons. The van der Waals surface area contributed by atoms with E-state index in [-0.39, 0.29) is 0 Å². The zero-order valence-electron chi connectivity index (χ0n) is 39.4. The van der Waals surface area contributed by atoms with E-state index in [4.69, 9.17) is 13.3 Å². The molecule has 15 aromatic rings. The van der Waals surface area contributed by atoms with E-state index in [1.54, 1.807) is 0 Å². The predicted molar refractivity (Wildman–Crippen MR) is 304 cm³/mol. The van der Waals surface area contributed by atoms with Gasteiger partial charge in [-0.25, -0.2) is 0 Å². The monoisotopic (exact) mass is 934 g/mol. The van der Waals surface area contributed by atoms with Crippen molar-refractivity contribution in [3.63, 3.8) is 0 Å². The quantitative estimate of drug-likeness (QED) is 0.152. The zero-order chi connectivity index (χ0) is 48.0. The summed E-state index contributed by atoms with van der Waals surface area (Å²) in [6.45, 7) is 0. The molecule has 0 saturated carbocycles. The Balaban J connectivity index is 1.01. The SMILES string of the molecule is c1ccc(-c2cccc(N(c3cc4oc5cc(N(c6cccc(-c7ccccc7)c6)c6cccc7c6oc6ccccc67)c6ccccc6c5c4c4ccccc34)c3cccc4c3oc3ccccc34)c2)cc1. The minimum Gasteiger partial charge on any atom is -0.456 e. The number of nitrogens with zero attached hydrogens (tertiary/aromatic N) is 2. The van der Waals surface area contributed by atoms with Crippen LogP contribution in [0.4, 0.5) is 34.1 Å². The van der Waals surface area contributed by atoms with E-state index in [9.17, 15) is 0 Å². The van der Waals surface area contributed by atoms with Gasteiger partial charge in [-0.05, 0) is 81.6 Å². The van der Waals surface area contributed by atoms with Crippen molar-refractivity contribution in [3.8, 4) is 22.3 Å². The topological polar surface area (TPSA) is 45.9 Å². The number of fused-ring (bicyclic) bond motifs is 13. The molecule has 0 spiro atoms. The van der Waals surface area contributed by atoms with Crippen molar-refractivity contribution in [1.82, 2.24) is 0 Å². The van der Waals surface area contributed by atoms with Crippen LogP contribution in [0.1, 0.15) is 0 Å². The minimum absolute atomic E-state index is 0.781. The highest BCUT2D eigenvalue weighted by molar-refractivity contribution is 6.30. The number of rotatable bonds is 8. The Labute approximate surface area is 419 Å². The lowest BCUT2D eigenvalue weighted by Crippen LogP contribution is -2.11. The first-order chi connectivity index (χ1) is 36.2. The Morgan fingerprint density at radius 1 is 0.219 bits per heavy atom. The fourth-order valence-electron chi connectivity index (χ4n) is 11.4. The molecule has 12 aromatic carbocycles. The van der Waals surface area contributed by atoms with Crippen LogP contribution in [-0.4, -0.2) is 0 Å². The summed E-state index contributed by atoms with van der Waals surface area (Å²) in [6, 6.07) is 90.2. The van der Waals surface area contributed by atoms with Gasteiger partial charge in [0, 0.05) is 66.6 Å². The smallest absolute Gasteiger partial charge is 0.159 e. The fraction of sp³-hybridized carbons (Fsp3) is 0. The highest BCUT2D eigenvalue weighted by atomic mass is 16.3. The van der Waals surface area contributed by atoms with Gasteiger partial charge in [0.05, 0.1) is 22.7 Å². The highest BCUT2D eigenvalue weighted by Gasteiger charge is 2.27. The second kappa shape index (κ2) is 16.4. The standard InChI is InChI=1S/C68H42N2O3/c1-3-19-43(20-4-1)45-23-15-25-47(39-45)69(57-35-17-33-55-51-29-11-13-37-61(51)72-67(55)57)59-41-63-65(53-31-9-7-27-49(53)59)66-54-32-10-8-28-50(54)60(42-64(66)71-63)70(48-26-16-24-46(40-48)44-21-5-2-6-22-44)58-36-18-34-56-52-30-12-14-38-62(52)73-68(56)58/h1-42H. The van der Waals surface area contributed by atoms with Crippen LogP contribution in [0.2, 0.25) is 0 Å². The molecule has 0 unspecified atom stereocenters. The molecule has 0 aliphatic rings. The number of hydrogen-bond acceptors (Lipinski definition) is 5. The molecule has 0 fully saturated rings. The Hall–Kier alpha value is -9.84. The van der Waals surface area contributed by atoms with E-state index in [1.807, 2.05) is 24.3 Å². The van der Waals surface area contributed by atoms with Crippen LogP contribution in [0.25, 0.3) is 110 Å². The van der Waals surface area contributed by atoms with Crippen LogP contribution in [0.15, 0.2) is 268 Å². The van der Waals surface area contributed by atoms with Crippen LogP contribution in [0.5, 0.6) is 0 Å². The van der Waals surface area contributed by atoms with Gasteiger partial charge in [0.15, 0.2) is 11.2 Å². The van der Waals surface area contributed by atoms with Crippen LogP contribution in [-0.2, 0) is 0 Å². The molecule has 0 aliphatic heterocycles. The molecule has 0 atom stereocenters. The van der Waals surface area contributed by atoms with E-state index in [2.05, 4.69) is 240 Å². The molecule has 0 aliphatic carbocycles. The molecule has 0 amide bonds. The third kappa shape index (κ3) is 6.49. The van der Waals surface area contributed by atoms with Crippen molar-refractivity contribution in [2.24, 2.45) is 0 Å². The normalized spacial score (nSPS) is 11.8. The Kier molecular flexibility index (Phi) is 9.19. The average molecular weight is 935 g/mol. The van der Waals surface area contributed by atoms with E-state index >= 15 is 0 Å². The molecule has 0 saturated heterocycles. The largest absolute Gasteiger partial charge is 0.456 e. The summed E-state index contributed by atoms with van der Waals surface area (Å²) < 4.78 is 21.0. The number of para-hydroxylation sites is 4. The third-order valence-electron chi connectivity index (χ3n) is 14.6. The summed E-state index contributed by atoms with van der Waals surface area (Å²) >= 11 is 0. The van der Waals surface area contributed by atoms with Gasteiger partial charge in [-0.3, -0.25) is 0 Å². The summed E-state index contributed by atoms with van der Waals surface area (Å²) in [5, 5.41) is 10.7. The van der Waals surface area contributed by atoms with Crippen LogP contribution in [0, 0.1) is 0 Å². The van der Waals surface area contributed by atoms with E-state index in [0.29, 0.717) is 0 Å². The Bertz CT molecular complexity index is 4350. The first-order valence-corrected chi connectivity index (χ1v) is 24.7. The molecular formula is C68H42N2O3. The number of benzene rings is 12. The van der Waals surface area contributed by atoms with Gasteiger partial charge < -0.3 is 23.1 Å². The molecule has 5 heteroatoms. The molecule has 3 heterocycles. The number of anilines is 6. The van der Waals surface area contributed by atoms with Crippen LogP contribution in [0.3, 0.4) is 0 Å². The molecular weight excluding hydrogens is 893 g/mol. The maximum Gasteiger partial charge on any atom is 0.159 e. The average Bonchev–Trinajstić information content (AvgIpc) is 4.16. The summed E-state index contributed by atoms with van der Waals surface area (Å²) in [4.78, 5) is 4.70. The molecule has 0 bridgehead atoms. The third-order valence-corrected chi connectivity index (χ3v) is 14.6. The lowest BCUT2D eigenvalue weighted by molar-refractivity contribution is 0.667. The number of hydrogen-bond donors (Lipinski definition) is 0. The van der Waals surface area contributed by atoms with Gasteiger partial charge >= 0.3 is 0 Å².